The molecule has 14 heavy (non-hydrogen) atoms. The molecule has 0 aliphatic carbocycles. The summed E-state index contributed by atoms with van der Waals surface area (Å²) in [5, 5.41) is 8.58. The van der Waals surface area contributed by atoms with E-state index in [2.05, 4.69) is 6.07 Å². The number of hydrogen-bond acceptors (Lipinski definition) is 2. The maximum absolute atomic E-state index is 8.58. The van der Waals surface area contributed by atoms with Gasteiger partial charge in [0.05, 0.1) is 13.2 Å². The van der Waals surface area contributed by atoms with E-state index in [1.165, 1.54) is 0 Å². The van der Waals surface area contributed by atoms with Gasteiger partial charge in [-0.1, -0.05) is 19.1 Å². The molecule has 1 aromatic rings. The second kappa shape index (κ2) is 5.08. The van der Waals surface area contributed by atoms with Gasteiger partial charge in [0.2, 0.25) is 0 Å². The fourth-order valence-corrected chi connectivity index (χ4v) is 1.27. The van der Waals surface area contributed by atoms with Crippen molar-refractivity contribution in [3.8, 4) is 11.8 Å². The molecule has 0 heterocycles. The molecule has 0 saturated heterocycles. The van der Waals surface area contributed by atoms with Crippen molar-refractivity contribution in [3.05, 3.63) is 35.9 Å². The fourth-order valence-electron chi connectivity index (χ4n) is 1.27. The number of allylic oxidation sites excluding steroid dienone is 2. The topological polar surface area (TPSA) is 33.0 Å². The molecule has 0 fully saturated rings. The Kier molecular flexibility index (Phi) is 3.75. The molecule has 0 unspecified atom stereocenters. The summed E-state index contributed by atoms with van der Waals surface area (Å²) in [5.41, 5.74) is 2.13. The van der Waals surface area contributed by atoms with Gasteiger partial charge in [0, 0.05) is 6.08 Å². The third-order valence-electron chi connectivity index (χ3n) is 2.08. The Morgan fingerprint density at radius 1 is 1.43 bits per heavy atom. The van der Waals surface area contributed by atoms with Crippen LogP contribution in [0.25, 0.3) is 5.57 Å². The monoisotopic (exact) mass is 187 g/mol. The number of benzene rings is 1. The predicted molar refractivity (Wildman–Crippen MR) is 56.9 cm³/mol. The number of rotatable bonds is 3. The van der Waals surface area contributed by atoms with Crippen molar-refractivity contribution >= 4 is 5.57 Å². The van der Waals surface area contributed by atoms with Gasteiger partial charge in [0.1, 0.15) is 5.75 Å². The lowest BCUT2D eigenvalue weighted by Crippen LogP contribution is -1.85. The quantitative estimate of drug-likeness (QED) is 0.681. The van der Waals surface area contributed by atoms with Crippen LogP contribution >= 0.6 is 0 Å². The van der Waals surface area contributed by atoms with E-state index in [-0.39, 0.29) is 0 Å². The molecule has 0 aliphatic rings. The van der Waals surface area contributed by atoms with Crippen LogP contribution in [0.2, 0.25) is 0 Å². The highest BCUT2D eigenvalue weighted by molar-refractivity contribution is 5.67. The summed E-state index contributed by atoms with van der Waals surface area (Å²) in [7, 11) is 1.64. The van der Waals surface area contributed by atoms with Crippen LogP contribution in [0.3, 0.4) is 0 Å². The molecule has 0 N–H and O–H groups in total. The van der Waals surface area contributed by atoms with E-state index >= 15 is 0 Å². The van der Waals surface area contributed by atoms with Crippen LogP contribution < -0.4 is 4.74 Å². The van der Waals surface area contributed by atoms with Gasteiger partial charge in [-0.15, -0.1) is 0 Å². The van der Waals surface area contributed by atoms with Crippen molar-refractivity contribution in [1.29, 1.82) is 5.26 Å². The van der Waals surface area contributed by atoms with E-state index in [1.54, 1.807) is 13.2 Å². The van der Waals surface area contributed by atoms with Crippen molar-refractivity contribution in [3.63, 3.8) is 0 Å². The molecule has 0 aliphatic heterocycles. The lowest BCUT2D eigenvalue weighted by atomic mass is 10.0. The number of hydrogen-bond donors (Lipinski definition) is 0. The SMILES string of the molecule is CCC(=CC#N)c1ccc(OC)cc1. The molecule has 1 rings (SSSR count). The molecule has 0 bridgehead atoms. The van der Waals surface area contributed by atoms with Crippen molar-refractivity contribution in [2.45, 2.75) is 13.3 Å². The van der Waals surface area contributed by atoms with Crippen LogP contribution in [0.15, 0.2) is 30.3 Å². The fraction of sp³-hybridized carbons (Fsp3) is 0.250. The summed E-state index contributed by atoms with van der Waals surface area (Å²) in [6.07, 6.45) is 2.45. The zero-order chi connectivity index (χ0) is 10.4. The van der Waals surface area contributed by atoms with E-state index in [0.29, 0.717) is 0 Å². The summed E-state index contributed by atoms with van der Waals surface area (Å²) < 4.78 is 5.06. The summed E-state index contributed by atoms with van der Waals surface area (Å²) in [4.78, 5) is 0. The van der Waals surface area contributed by atoms with Crippen LogP contribution in [0.1, 0.15) is 18.9 Å². The minimum Gasteiger partial charge on any atom is -0.497 e. The van der Waals surface area contributed by atoms with Crippen molar-refractivity contribution in [2.75, 3.05) is 7.11 Å². The Hall–Kier alpha value is -1.75. The van der Waals surface area contributed by atoms with Gasteiger partial charge < -0.3 is 4.74 Å². The van der Waals surface area contributed by atoms with Gasteiger partial charge in [0.25, 0.3) is 0 Å². The van der Waals surface area contributed by atoms with E-state index in [4.69, 9.17) is 10.00 Å². The molecule has 0 amide bonds. The van der Waals surface area contributed by atoms with Gasteiger partial charge in [-0.2, -0.15) is 5.26 Å². The molecule has 0 radical (unpaired) electrons. The summed E-state index contributed by atoms with van der Waals surface area (Å²) in [6, 6.07) is 9.78. The first kappa shape index (κ1) is 10.3. The smallest absolute Gasteiger partial charge is 0.118 e. The lowest BCUT2D eigenvalue weighted by molar-refractivity contribution is 0.415. The van der Waals surface area contributed by atoms with Gasteiger partial charge in [0.15, 0.2) is 0 Å². The van der Waals surface area contributed by atoms with E-state index in [9.17, 15) is 0 Å². The molecule has 0 atom stereocenters. The second-order valence-corrected chi connectivity index (χ2v) is 2.88. The largest absolute Gasteiger partial charge is 0.497 e. The third kappa shape index (κ3) is 2.37. The van der Waals surface area contributed by atoms with E-state index < -0.39 is 0 Å². The zero-order valence-electron chi connectivity index (χ0n) is 8.45. The first-order valence-corrected chi connectivity index (χ1v) is 4.55. The average Bonchev–Trinajstić information content (AvgIpc) is 2.26. The van der Waals surface area contributed by atoms with Gasteiger partial charge in [-0.05, 0) is 29.7 Å². The number of ether oxygens (including phenoxy) is 1. The van der Waals surface area contributed by atoms with Crippen LogP contribution in [-0.4, -0.2) is 7.11 Å². The number of nitrogens with zero attached hydrogens (tertiary/aromatic N) is 1. The van der Waals surface area contributed by atoms with Gasteiger partial charge >= 0.3 is 0 Å². The Morgan fingerprint density at radius 3 is 2.50 bits per heavy atom. The molecule has 72 valence electrons. The predicted octanol–water partition coefficient (Wildman–Crippen LogP) is 3.01. The Labute approximate surface area is 84.4 Å². The highest BCUT2D eigenvalue weighted by atomic mass is 16.5. The van der Waals surface area contributed by atoms with E-state index in [0.717, 1.165) is 23.3 Å². The van der Waals surface area contributed by atoms with Crippen LogP contribution in [-0.2, 0) is 0 Å². The standard InChI is InChI=1S/C12H13NO/c1-3-10(8-9-13)11-4-6-12(14-2)7-5-11/h4-8H,3H2,1-2H3. The maximum Gasteiger partial charge on any atom is 0.118 e. The van der Waals surface area contributed by atoms with Crippen molar-refractivity contribution in [2.24, 2.45) is 0 Å². The van der Waals surface area contributed by atoms with Crippen LogP contribution in [0.4, 0.5) is 0 Å². The first-order valence-electron chi connectivity index (χ1n) is 4.55. The Balaban J connectivity index is 2.96. The van der Waals surface area contributed by atoms with Crippen molar-refractivity contribution in [1.82, 2.24) is 0 Å². The normalized spacial score (nSPS) is 10.8. The summed E-state index contributed by atoms with van der Waals surface area (Å²) >= 11 is 0. The number of nitriles is 1. The van der Waals surface area contributed by atoms with E-state index in [1.807, 2.05) is 31.2 Å². The molecule has 0 aromatic heterocycles. The minimum absolute atomic E-state index is 0.834. The maximum atomic E-state index is 8.58. The molecular weight excluding hydrogens is 174 g/mol. The lowest BCUT2D eigenvalue weighted by Gasteiger charge is -2.04. The second-order valence-electron chi connectivity index (χ2n) is 2.88. The molecule has 2 heteroatoms. The third-order valence-corrected chi connectivity index (χ3v) is 2.08. The van der Waals surface area contributed by atoms with Crippen LogP contribution in [0.5, 0.6) is 5.75 Å². The Bertz CT molecular complexity index is 357. The van der Waals surface area contributed by atoms with Gasteiger partial charge in [-0.3, -0.25) is 0 Å². The first-order chi connectivity index (χ1) is 6.81. The number of methoxy groups -OCH3 is 1. The summed E-state index contributed by atoms with van der Waals surface area (Å²) in [6.45, 7) is 2.04. The molecular formula is C12H13NO. The highest BCUT2D eigenvalue weighted by Crippen LogP contribution is 2.20. The molecule has 0 spiro atoms. The minimum atomic E-state index is 0.834. The molecule has 1 aromatic carbocycles. The zero-order valence-corrected chi connectivity index (χ0v) is 8.45. The van der Waals surface area contributed by atoms with Crippen molar-refractivity contribution < 1.29 is 4.74 Å². The summed E-state index contributed by atoms with van der Waals surface area (Å²) in [5.74, 6) is 0.834. The van der Waals surface area contributed by atoms with Crippen LogP contribution in [0, 0.1) is 11.3 Å². The van der Waals surface area contributed by atoms with Gasteiger partial charge in [-0.25, -0.2) is 0 Å². The average molecular weight is 187 g/mol. The highest BCUT2D eigenvalue weighted by Gasteiger charge is 1.98. The molecule has 0 saturated carbocycles. The molecule has 2 nitrogen and oxygen atoms in total. The Morgan fingerprint density at radius 2 is 2.07 bits per heavy atom.